The van der Waals surface area contributed by atoms with E-state index in [1.54, 1.807) is 0 Å². The molecule has 0 aliphatic carbocycles. The molecule has 1 aliphatic rings. The first kappa shape index (κ1) is 13.5. The van der Waals surface area contributed by atoms with E-state index in [1.807, 2.05) is 19.1 Å². The van der Waals surface area contributed by atoms with Crippen molar-refractivity contribution in [1.82, 2.24) is 0 Å². The molecule has 1 saturated heterocycles. The predicted octanol–water partition coefficient (Wildman–Crippen LogP) is 3.46. The first-order chi connectivity index (χ1) is 8.52. The van der Waals surface area contributed by atoms with Crippen molar-refractivity contribution in [2.24, 2.45) is 5.41 Å². The van der Waals surface area contributed by atoms with Gasteiger partial charge in [0.25, 0.3) is 0 Å². The first-order valence-corrected chi connectivity index (χ1v) is 6.76. The Morgan fingerprint density at radius 2 is 2.06 bits per heavy atom. The van der Waals surface area contributed by atoms with Crippen LogP contribution in [-0.4, -0.2) is 19.8 Å². The molecule has 0 radical (unpaired) electrons. The van der Waals surface area contributed by atoms with E-state index in [1.165, 1.54) is 0 Å². The monoisotopic (exact) mass is 268 g/mol. The van der Waals surface area contributed by atoms with Gasteiger partial charge in [-0.05, 0) is 42.9 Å². The molecule has 18 heavy (non-hydrogen) atoms. The summed E-state index contributed by atoms with van der Waals surface area (Å²) in [6.45, 7) is 6.89. The highest BCUT2D eigenvalue weighted by atomic mass is 35.5. The van der Waals surface area contributed by atoms with E-state index in [-0.39, 0.29) is 5.41 Å². The van der Waals surface area contributed by atoms with Crippen LogP contribution in [0.4, 0.5) is 11.4 Å². The maximum absolute atomic E-state index is 6.13. The first-order valence-electron chi connectivity index (χ1n) is 6.38. The number of nitrogen functional groups attached to an aromatic ring is 1. The topological polar surface area (TPSA) is 47.3 Å². The van der Waals surface area contributed by atoms with Gasteiger partial charge < -0.3 is 15.8 Å². The fraction of sp³-hybridized carbons (Fsp3) is 0.571. The van der Waals surface area contributed by atoms with E-state index in [9.17, 15) is 0 Å². The number of nitrogens with one attached hydrogen (secondary N) is 1. The summed E-state index contributed by atoms with van der Waals surface area (Å²) in [5, 5.41) is 4.22. The number of hydrogen-bond acceptors (Lipinski definition) is 3. The summed E-state index contributed by atoms with van der Waals surface area (Å²) in [5.74, 6) is 0. The number of hydrogen-bond donors (Lipinski definition) is 2. The predicted molar refractivity (Wildman–Crippen MR) is 77.3 cm³/mol. The summed E-state index contributed by atoms with van der Waals surface area (Å²) in [6.07, 6.45) is 2.17. The van der Waals surface area contributed by atoms with Crippen molar-refractivity contribution < 1.29 is 4.74 Å². The van der Waals surface area contributed by atoms with E-state index in [4.69, 9.17) is 22.1 Å². The minimum Gasteiger partial charge on any atom is -0.397 e. The van der Waals surface area contributed by atoms with Crippen LogP contribution in [-0.2, 0) is 4.74 Å². The van der Waals surface area contributed by atoms with Crippen LogP contribution in [0.2, 0.25) is 5.02 Å². The molecule has 1 aromatic carbocycles. The SMILES string of the molecule is Cc1c(Cl)ccc(N)c1NCC1(C)CCOCC1. The van der Waals surface area contributed by atoms with Crippen molar-refractivity contribution >= 4 is 23.0 Å². The molecular weight excluding hydrogens is 248 g/mol. The van der Waals surface area contributed by atoms with Crippen LogP contribution >= 0.6 is 11.6 Å². The Morgan fingerprint density at radius 3 is 2.72 bits per heavy atom. The van der Waals surface area contributed by atoms with Gasteiger partial charge in [0.05, 0.1) is 11.4 Å². The minimum absolute atomic E-state index is 0.277. The molecule has 0 atom stereocenters. The molecule has 1 aliphatic heterocycles. The molecular formula is C14H21ClN2O. The Labute approximate surface area is 114 Å². The molecule has 0 unspecified atom stereocenters. The van der Waals surface area contributed by atoms with Crippen LogP contribution in [0.1, 0.15) is 25.3 Å². The normalized spacial score (nSPS) is 18.6. The lowest BCUT2D eigenvalue weighted by molar-refractivity contribution is 0.0300. The van der Waals surface area contributed by atoms with E-state index in [0.29, 0.717) is 0 Å². The van der Waals surface area contributed by atoms with Crippen molar-refractivity contribution in [2.75, 3.05) is 30.8 Å². The summed E-state index contributed by atoms with van der Waals surface area (Å²) in [4.78, 5) is 0. The third-order valence-corrected chi connectivity index (χ3v) is 4.23. The molecule has 0 saturated carbocycles. The number of ether oxygens (including phenoxy) is 1. The van der Waals surface area contributed by atoms with Crippen molar-refractivity contribution in [2.45, 2.75) is 26.7 Å². The molecule has 1 heterocycles. The lowest BCUT2D eigenvalue weighted by Crippen LogP contribution is -2.33. The number of halogens is 1. The largest absolute Gasteiger partial charge is 0.397 e. The van der Waals surface area contributed by atoms with Gasteiger partial charge in [-0.25, -0.2) is 0 Å². The van der Waals surface area contributed by atoms with Gasteiger partial charge >= 0.3 is 0 Å². The average Bonchev–Trinajstić information content (AvgIpc) is 2.35. The zero-order valence-corrected chi connectivity index (χ0v) is 11.8. The Balaban J connectivity index is 2.08. The molecule has 3 nitrogen and oxygen atoms in total. The van der Waals surface area contributed by atoms with Gasteiger partial charge in [0, 0.05) is 24.8 Å². The van der Waals surface area contributed by atoms with Crippen molar-refractivity contribution in [3.8, 4) is 0 Å². The van der Waals surface area contributed by atoms with Gasteiger partial charge in [-0.15, -0.1) is 0 Å². The molecule has 0 spiro atoms. The second-order valence-corrected chi connectivity index (χ2v) is 5.82. The maximum Gasteiger partial charge on any atom is 0.0618 e. The van der Waals surface area contributed by atoms with Crippen LogP contribution < -0.4 is 11.1 Å². The molecule has 4 heteroatoms. The Morgan fingerprint density at radius 1 is 1.39 bits per heavy atom. The smallest absolute Gasteiger partial charge is 0.0618 e. The average molecular weight is 269 g/mol. The zero-order chi connectivity index (χ0) is 13.2. The third kappa shape index (κ3) is 2.90. The highest BCUT2D eigenvalue weighted by Crippen LogP contribution is 2.33. The Kier molecular flexibility index (Phi) is 4.03. The molecule has 3 N–H and O–H groups in total. The minimum atomic E-state index is 0.277. The summed E-state index contributed by atoms with van der Waals surface area (Å²) in [6, 6.07) is 3.69. The lowest BCUT2D eigenvalue weighted by Gasteiger charge is -2.34. The molecule has 100 valence electrons. The molecule has 1 aromatic rings. The fourth-order valence-electron chi connectivity index (χ4n) is 2.28. The third-order valence-electron chi connectivity index (χ3n) is 3.82. The van der Waals surface area contributed by atoms with Crippen LogP contribution in [0.15, 0.2) is 12.1 Å². The molecule has 1 fully saturated rings. The fourth-order valence-corrected chi connectivity index (χ4v) is 2.44. The summed E-state index contributed by atoms with van der Waals surface area (Å²) < 4.78 is 5.41. The zero-order valence-electron chi connectivity index (χ0n) is 11.1. The summed E-state index contributed by atoms with van der Waals surface area (Å²) >= 11 is 6.13. The second kappa shape index (κ2) is 5.37. The standard InChI is InChI=1S/C14H21ClN2O/c1-10-11(15)3-4-12(16)13(10)17-9-14(2)5-7-18-8-6-14/h3-4,17H,5-9,16H2,1-2H3. The van der Waals surface area contributed by atoms with Gasteiger partial charge in [-0.2, -0.15) is 0 Å². The molecule has 0 bridgehead atoms. The summed E-state index contributed by atoms with van der Waals surface area (Å²) in [7, 11) is 0. The quantitative estimate of drug-likeness (QED) is 0.826. The highest BCUT2D eigenvalue weighted by Gasteiger charge is 2.27. The van der Waals surface area contributed by atoms with Gasteiger partial charge in [0.1, 0.15) is 0 Å². The van der Waals surface area contributed by atoms with Crippen LogP contribution in [0.3, 0.4) is 0 Å². The van der Waals surface area contributed by atoms with Crippen molar-refractivity contribution in [3.05, 3.63) is 22.7 Å². The van der Waals surface area contributed by atoms with Gasteiger partial charge in [-0.1, -0.05) is 18.5 Å². The van der Waals surface area contributed by atoms with Crippen LogP contribution in [0.5, 0.6) is 0 Å². The van der Waals surface area contributed by atoms with Gasteiger partial charge in [0.2, 0.25) is 0 Å². The highest BCUT2D eigenvalue weighted by molar-refractivity contribution is 6.31. The van der Waals surface area contributed by atoms with Gasteiger partial charge in [0.15, 0.2) is 0 Å². The number of anilines is 2. The molecule has 0 amide bonds. The van der Waals surface area contributed by atoms with Crippen LogP contribution in [0, 0.1) is 12.3 Å². The Bertz CT molecular complexity index is 428. The lowest BCUT2D eigenvalue weighted by atomic mass is 9.82. The Hall–Kier alpha value is -0.930. The van der Waals surface area contributed by atoms with E-state index in [2.05, 4.69) is 12.2 Å². The van der Waals surface area contributed by atoms with Crippen LogP contribution in [0.25, 0.3) is 0 Å². The summed E-state index contributed by atoms with van der Waals surface area (Å²) in [5.41, 5.74) is 9.03. The van der Waals surface area contributed by atoms with Crippen molar-refractivity contribution in [3.63, 3.8) is 0 Å². The second-order valence-electron chi connectivity index (χ2n) is 5.41. The number of rotatable bonds is 3. The van der Waals surface area contributed by atoms with Gasteiger partial charge in [-0.3, -0.25) is 0 Å². The molecule has 2 rings (SSSR count). The number of nitrogens with two attached hydrogens (primary N) is 1. The van der Waals surface area contributed by atoms with Crippen molar-refractivity contribution in [1.29, 1.82) is 0 Å². The van der Waals surface area contributed by atoms with E-state index < -0.39 is 0 Å². The maximum atomic E-state index is 6.13. The number of benzene rings is 1. The molecule has 0 aromatic heterocycles. The van der Waals surface area contributed by atoms with E-state index >= 15 is 0 Å². The van der Waals surface area contributed by atoms with E-state index in [0.717, 1.165) is 54.6 Å².